The molecule has 0 saturated heterocycles. The van der Waals surface area contributed by atoms with Crippen LogP contribution in [0.1, 0.15) is 12.0 Å². The normalized spacial score (nSPS) is 31.2. The highest BCUT2D eigenvalue weighted by Crippen LogP contribution is 2.55. The molecule has 0 spiro atoms. The van der Waals surface area contributed by atoms with E-state index in [0.29, 0.717) is 6.42 Å². The Morgan fingerprint density at radius 1 is 1.55 bits per heavy atom. The average Bonchev–Trinajstić information content (AvgIpc) is 3.16. The second kappa shape index (κ2) is 4.12. The van der Waals surface area contributed by atoms with E-state index in [9.17, 15) is 18.9 Å². The molecule has 1 saturated carbocycles. The number of hydrogen-bond donors (Lipinski definition) is 1. The fourth-order valence-electron chi connectivity index (χ4n) is 2.70. The largest absolute Gasteiger partial charge is 0.462 e. The summed E-state index contributed by atoms with van der Waals surface area (Å²) in [6.07, 6.45) is -2.79. The molecule has 0 bridgehead atoms. The van der Waals surface area contributed by atoms with Crippen molar-refractivity contribution in [2.75, 3.05) is 0 Å². The number of ether oxygens (including phenoxy) is 1. The molecule has 2 aliphatic rings. The number of fused-ring (bicyclic) bond motifs is 1. The second-order valence-corrected chi connectivity index (χ2v) is 4.88. The number of alkyl halides is 2. The lowest BCUT2D eigenvalue weighted by molar-refractivity contribution is -0.385. The number of aliphatic imine (C=N–C) groups is 1. The van der Waals surface area contributed by atoms with Gasteiger partial charge in [0.2, 0.25) is 0 Å². The summed E-state index contributed by atoms with van der Waals surface area (Å²) in [7, 11) is 0. The first-order valence-electron chi connectivity index (χ1n) is 6.00. The van der Waals surface area contributed by atoms with Gasteiger partial charge in [0.15, 0.2) is 5.54 Å². The van der Waals surface area contributed by atoms with E-state index in [0.717, 1.165) is 6.07 Å². The van der Waals surface area contributed by atoms with Crippen LogP contribution in [-0.4, -0.2) is 23.5 Å². The maximum Gasteiger partial charge on any atom is 0.283 e. The van der Waals surface area contributed by atoms with Gasteiger partial charge in [0, 0.05) is 18.1 Å². The van der Waals surface area contributed by atoms with Gasteiger partial charge in [0.25, 0.3) is 18.1 Å². The van der Waals surface area contributed by atoms with Gasteiger partial charge in [-0.05, 0) is 12.0 Å². The minimum atomic E-state index is -2.82. The minimum Gasteiger partial charge on any atom is -0.462 e. The van der Waals surface area contributed by atoms with E-state index >= 15 is 0 Å². The molecule has 1 heterocycles. The van der Waals surface area contributed by atoms with Crippen LogP contribution in [0.4, 0.5) is 14.5 Å². The summed E-state index contributed by atoms with van der Waals surface area (Å²) in [5, 5.41) is 10.8. The van der Waals surface area contributed by atoms with Gasteiger partial charge in [0.05, 0.1) is 4.92 Å². The number of non-ortho nitro benzene ring substituents is 1. The Morgan fingerprint density at radius 3 is 2.95 bits per heavy atom. The van der Waals surface area contributed by atoms with Crippen LogP contribution in [0.25, 0.3) is 0 Å². The standard InChI is InChI=1S/C12H11F2N3O3/c13-10(14)12(8-5-9(8)20-11(15)16-12)6-2-1-3-7(4-6)17(18)19/h1-4,8-10H,5H2,(H2,15,16)/t8-,9+,12+/m0/s1. The van der Waals surface area contributed by atoms with E-state index < -0.39 is 22.8 Å². The van der Waals surface area contributed by atoms with Gasteiger partial charge in [-0.2, -0.15) is 0 Å². The van der Waals surface area contributed by atoms with E-state index in [-0.39, 0.29) is 23.4 Å². The fourth-order valence-corrected chi connectivity index (χ4v) is 2.70. The first-order valence-corrected chi connectivity index (χ1v) is 6.00. The van der Waals surface area contributed by atoms with Crippen molar-refractivity contribution in [2.24, 2.45) is 16.6 Å². The molecule has 0 amide bonds. The molecule has 3 atom stereocenters. The zero-order valence-electron chi connectivity index (χ0n) is 10.2. The zero-order valence-corrected chi connectivity index (χ0v) is 10.2. The number of amidine groups is 1. The number of halogens is 2. The summed E-state index contributed by atoms with van der Waals surface area (Å²) in [5.41, 5.74) is 3.46. The third-order valence-electron chi connectivity index (χ3n) is 3.72. The molecule has 8 heteroatoms. The van der Waals surface area contributed by atoms with Crippen molar-refractivity contribution in [1.29, 1.82) is 0 Å². The summed E-state index contributed by atoms with van der Waals surface area (Å²) < 4.78 is 32.4. The molecule has 6 nitrogen and oxygen atoms in total. The fraction of sp³-hybridized carbons (Fsp3) is 0.417. The first-order chi connectivity index (χ1) is 9.45. The van der Waals surface area contributed by atoms with Crippen LogP contribution >= 0.6 is 0 Å². The molecule has 1 fully saturated rings. The van der Waals surface area contributed by atoms with Gasteiger partial charge in [-0.1, -0.05) is 12.1 Å². The number of nitro groups is 1. The van der Waals surface area contributed by atoms with Crippen molar-refractivity contribution in [3.8, 4) is 0 Å². The number of benzene rings is 1. The molecular formula is C12H11F2N3O3. The van der Waals surface area contributed by atoms with Gasteiger partial charge in [-0.3, -0.25) is 10.1 Å². The topological polar surface area (TPSA) is 90.8 Å². The molecule has 0 radical (unpaired) electrons. The van der Waals surface area contributed by atoms with E-state index in [4.69, 9.17) is 10.5 Å². The lowest BCUT2D eigenvalue weighted by Gasteiger charge is -2.32. The number of nitro benzene ring substituents is 1. The molecular weight excluding hydrogens is 272 g/mol. The Hall–Kier alpha value is -2.25. The number of rotatable bonds is 3. The van der Waals surface area contributed by atoms with E-state index in [1.165, 1.54) is 18.2 Å². The van der Waals surface area contributed by atoms with E-state index in [1.807, 2.05) is 0 Å². The van der Waals surface area contributed by atoms with Crippen LogP contribution < -0.4 is 5.73 Å². The Bertz CT molecular complexity index is 607. The van der Waals surface area contributed by atoms with Gasteiger partial charge in [-0.25, -0.2) is 13.8 Å². The highest BCUT2D eigenvalue weighted by molar-refractivity contribution is 5.74. The van der Waals surface area contributed by atoms with Crippen molar-refractivity contribution in [3.05, 3.63) is 39.9 Å². The Kier molecular flexibility index (Phi) is 2.63. The van der Waals surface area contributed by atoms with E-state index in [1.54, 1.807) is 0 Å². The molecule has 0 unspecified atom stereocenters. The summed E-state index contributed by atoms with van der Waals surface area (Å²) in [4.78, 5) is 14.0. The van der Waals surface area contributed by atoms with Crippen LogP contribution in [0.15, 0.2) is 29.3 Å². The van der Waals surface area contributed by atoms with Crippen molar-refractivity contribution < 1.29 is 18.4 Å². The van der Waals surface area contributed by atoms with Gasteiger partial charge >= 0.3 is 0 Å². The second-order valence-electron chi connectivity index (χ2n) is 4.88. The molecule has 20 heavy (non-hydrogen) atoms. The highest BCUT2D eigenvalue weighted by Gasteiger charge is 2.63. The molecule has 1 aliphatic carbocycles. The summed E-state index contributed by atoms with van der Waals surface area (Å²) in [5.74, 6) is -0.503. The van der Waals surface area contributed by atoms with E-state index in [2.05, 4.69) is 4.99 Å². The Morgan fingerprint density at radius 2 is 2.30 bits per heavy atom. The lowest BCUT2D eigenvalue weighted by Crippen LogP contribution is -2.42. The summed E-state index contributed by atoms with van der Waals surface area (Å²) in [6, 6.07) is 4.87. The van der Waals surface area contributed by atoms with Crippen LogP contribution in [0.3, 0.4) is 0 Å². The molecule has 1 aliphatic heterocycles. The Labute approximate surface area is 112 Å². The van der Waals surface area contributed by atoms with Crippen molar-refractivity contribution in [3.63, 3.8) is 0 Å². The predicted octanol–water partition coefficient (Wildman–Crippen LogP) is 1.79. The summed E-state index contributed by atoms with van der Waals surface area (Å²) >= 11 is 0. The average molecular weight is 283 g/mol. The molecule has 0 aromatic heterocycles. The Balaban J connectivity index is 2.14. The quantitative estimate of drug-likeness (QED) is 0.676. The van der Waals surface area contributed by atoms with Gasteiger partial charge < -0.3 is 10.5 Å². The lowest BCUT2D eigenvalue weighted by atomic mass is 9.85. The maximum absolute atomic E-state index is 13.7. The molecule has 3 rings (SSSR count). The molecule has 106 valence electrons. The van der Waals surface area contributed by atoms with Crippen molar-refractivity contribution in [1.82, 2.24) is 0 Å². The number of nitrogens with two attached hydrogens (primary N) is 1. The number of nitrogens with zero attached hydrogens (tertiary/aromatic N) is 2. The van der Waals surface area contributed by atoms with Gasteiger partial charge in [-0.15, -0.1) is 0 Å². The maximum atomic E-state index is 13.7. The third kappa shape index (κ3) is 1.71. The van der Waals surface area contributed by atoms with Crippen LogP contribution in [0.5, 0.6) is 0 Å². The van der Waals surface area contributed by atoms with Crippen molar-refractivity contribution in [2.45, 2.75) is 24.5 Å². The zero-order chi connectivity index (χ0) is 14.5. The van der Waals surface area contributed by atoms with Crippen LogP contribution in [-0.2, 0) is 10.3 Å². The first kappa shape index (κ1) is 12.8. The predicted molar refractivity (Wildman–Crippen MR) is 65.4 cm³/mol. The molecule has 2 N–H and O–H groups in total. The molecule has 1 aromatic carbocycles. The monoisotopic (exact) mass is 283 g/mol. The van der Waals surface area contributed by atoms with Crippen molar-refractivity contribution >= 4 is 11.7 Å². The van der Waals surface area contributed by atoms with Crippen LogP contribution in [0, 0.1) is 16.0 Å². The highest BCUT2D eigenvalue weighted by atomic mass is 19.3. The van der Waals surface area contributed by atoms with Gasteiger partial charge in [0.1, 0.15) is 6.10 Å². The molecule has 1 aromatic rings. The number of hydrogen-bond acceptors (Lipinski definition) is 5. The SMILES string of the molecule is NC1=N[C@@](c2cccc([N+](=O)[O-])c2)(C(F)F)[C@H]2C[C@H]2O1. The van der Waals surface area contributed by atoms with Crippen LogP contribution in [0.2, 0.25) is 0 Å². The summed E-state index contributed by atoms with van der Waals surface area (Å²) in [6.45, 7) is 0. The smallest absolute Gasteiger partial charge is 0.283 e. The minimum absolute atomic E-state index is 0.0976. The third-order valence-corrected chi connectivity index (χ3v) is 3.72.